The summed E-state index contributed by atoms with van der Waals surface area (Å²) in [5.41, 5.74) is 1.78. The quantitative estimate of drug-likeness (QED) is 0.764. The van der Waals surface area contributed by atoms with Gasteiger partial charge in [0, 0.05) is 57.3 Å². The summed E-state index contributed by atoms with van der Waals surface area (Å²) in [6, 6.07) is 3.69. The second kappa shape index (κ2) is 7.50. The molecule has 3 aliphatic rings. The first-order valence-electron chi connectivity index (χ1n) is 11.4. The molecular formula is C23H30N6O3. The lowest BCUT2D eigenvalue weighted by molar-refractivity contribution is 0.0722. The Morgan fingerprint density at radius 3 is 2.66 bits per heavy atom. The molecule has 9 heteroatoms. The highest BCUT2D eigenvalue weighted by Gasteiger charge is 2.48. The van der Waals surface area contributed by atoms with E-state index in [2.05, 4.69) is 5.32 Å². The van der Waals surface area contributed by atoms with E-state index in [0.29, 0.717) is 50.4 Å². The smallest absolute Gasteiger partial charge is 0.317 e. The molecule has 5 heterocycles. The Morgan fingerprint density at radius 1 is 1.16 bits per heavy atom. The van der Waals surface area contributed by atoms with Crippen LogP contribution in [0, 0.1) is 0 Å². The average molecular weight is 439 g/mol. The van der Waals surface area contributed by atoms with E-state index in [1.165, 1.54) is 0 Å². The van der Waals surface area contributed by atoms with Gasteiger partial charge in [0.25, 0.3) is 11.5 Å². The maximum atomic E-state index is 13.4. The number of hydrogen-bond donors (Lipinski definition) is 1. The zero-order valence-corrected chi connectivity index (χ0v) is 18.9. The number of aryl methyl sites for hydroxylation is 1. The zero-order chi connectivity index (χ0) is 22.6. The van der Waals surface area contributed by atoms with E-state index >= 15 is 0 Å². The Balaban J connectivity index is 1.41. The van der Waals surface area contributed by atoms with Crippen molar-refractivity contribution in [2.45, 2.75) is 57.7 Å². The summed E-state index contributed by atoms with van der Waals surface area (Å²) in [5.74, 6) is 0.760. The lowest BCUT2D eigenvalue weighted by Crippen LogP contribution is -2.44. The van der Waals surface area contributed by atoms with E-state index in [4.69, 9.17) is 4.98 Å². The van der Waals surface area contributed by atoms with Crippen LogP contribution in [-0.4, -0.2) is 61.5 Å². The minimum absolute atomic E-state index is 0.0312. The van der Waals surface area contributed by atoms with Gasteiger partial charge in [-0.05, 0) is 38.8 Å². The Kier molecular flexibility index (Phi) is 4.87. The van der Waals surface area contributed by atoms with Gasteiger partial charge in [-0.1, -0.05) is 0 Å². The van der Waals surface area contributed by atoms with Crippen molar-refractivity contribution in [2.24, 2.45) is 7.05 Å². The van der Waals surface area contributed by atoms with Crippen molar-refractivity contribution in [2.75, 3.05) is 19.6 Å². The number of nitrogens with one attached hydrogen (secondary N) is 1. The van der Waals surface area contributed by atoms with E-state index in [-0.39, 0.29) is 29.0 Å². The van der Waals surface area contributed by atoms with Crippen LogP contribution in [0.15, 0.2) is 23.1 Å². The van der Waals surface area contributed by atoms with Crippen LogP contribution in [0.2, 0.25) is 0 Å². The summed E-state index contributed by atoms with van der Waals surface area (Å²) in [6.45, 7) is 6.62. The molecule has 1 N–H and O–H groups in total. The molecule has 0 aromatic carbocycles. The highest BCUT2D eigenvalue weighted by atomic mass is 16.2. The SMILES string of the molecule is CC(C)NC(=O)N1CC[C@@]2(CCn3c2nc2c(c3=O)CN(C(=O)c3cccn3C)CC2)C1. The van der Waals surface area contributed by atoms with Gasteiger partial charge in [-0.3, -0.25) is 14.2 Å². The molecule has 170 valence electrons. The second-order valence-corrected chi connectivity index (χ2v) is 9.60. The Bertz CT molecular complexity index is 1150. The Morgan fingerprint density at radius 2 is 1.94 bits per heavy atom. The molecule has 0 aliphatic carbocycles. The van der Waals surface area contributed by atoms with Crippen molar-refractivity contribution in [3.63, 3.8) is 0 Å². The maximum absolute atomic E-state index is 13.4. The first-order valence-corrected chi connectivity index (χ1v) is 11.4. The highest BCUT2D eigenvalue weighted by molar-refractivity contribution is 5.92. The molecule has 5 rings (SSSR count). The summed E-state index contributed by atoms with van der Waals surface area (Å²) in [7, 11) is 1.85. The minimum Gasteiger partial charge on any atom is -0.347 e. The van der Waals surface area contributed by atoms with Crippen molar-refractivity contribution < 1.29 is 9.59 Å². The van der Waals surface area contributed by atoms with Crippen molar-refractivity contribution in [1.82, 2.24) is 29.2 Å². The van der Waals surface area contributed by atoms with E-state index in [1.54, 1.807) is 20.1 Å². The van der Waals surface area contributed by atoms with Gasteiger partial charge in [0.2, 0.25) is 0 Å². The lowest BCUT2D eigenvalue weighted by Gasteiger charge is -2.30. The van der Waals surface area contributed by atoms with Crippen molar-refractivity contribution in [1.29, 1.82) is 0 Å². The molecule has 3 amide bonds. The fourth-order valence-electron chi connectivity index (χ4n) is 5.35. The number of likely N-dealkylation sites (tertiary alicyclic amines) is 1. The standard InChI is InChI=1S/C23H30N6O3/c1-15(2)24-22(32)28-11-7-23(14-28)8-12-29-19(30)16-13-27(10-6-17(16)25-21(23)29)20(31)18-5-4-9-26(18)3/h4-5,9,15H,6-8,10-14H2,1-3H3,(H,24,32)/t23-/m1/s1. The molecule has 9 nitrogen and oxygen atoms in total. The van der Waals surface area contributed by atoms with Gasteiger partial charge in [0.1, 0.15) is 11.5 Å². The average Bonchev–Trinajstić information content (AvgIpc) is 3.47. The molecule has 1 saturated heterocycles. The predicted molar refractivity (Wildman–Crippen MR) is 119 cm³/mol. The number of urea groups is 1. The normalized spacial score (nSPS) is 21.9. The topological polar surface area (TPSA) is 92.5 Å². The van der Waals surface area contributed by atoms with Gasteiger partial charge < -0.3 is 19.7 Å². The number of carbonyl (C=O) groups excluding carboxylic acids is 2. The fraction of sp³-hybridized carbons (Fsp3) is 0.565. The summed E-state index contributed by atoms with van der Waals surface area (Å²) in [6.07, 6.45) is 4.06. The van der Waals surface area contributed by atoms with Crippen LogP contribution in [0.5, 0.6) is 0 Å². The van der Waals surface area contributed by atoms with Gasteiger partial charge in [0.15, 0.2) is 0 Å². The van der Waals surface area contributed by atoms with Crippen molar-refractivity contribution >= 4 is 11.9 Å². The first-order chi connectivity index (χ1) is 15.3. The summed E-state index contributed by atoms with van der Waals surface area (Å²) >= 11 is 0. The number of nitrogens with zero attached hydrogens (tertiary/aromatic N) is 5. The molecule has 1 spiro atoms. The molecule has 32 heavy (non-hydrogen) atoms. The third kappa shape index (κ3) is 3.22. The second-order valence-electron chi connectivity index (χ2n) is 9.60. The number of carbonyl (C=O) groups is 2. The minimum atomic E-state index is -0.251. The van der Waals surface area contributed by atoms with Crippen LogP contribution in [0.3, 0.4) is 0 Å². The summed E-state index contributed by atoms with van der Waals surface area (Å²) < 4.78 is 3.59. The molecule has 0 bridgehead atoms. The summed E-state index contributed by atoms with van der Waals surface area (Å²) in [4.78, 5) is 47.5. The van der Waals surface area contributed by atoms with Crippen LogP contribution in [0.1, 0.15) is 54.3 Å². The molecule has 3 aliphatic heterocycles. The number of aromatic nitrogens is 3. The Labute approximate surface area is 187 Å². The number of hydrogen-bond acceptors (Lipinski definition) is 4. The maximum Gasteiger partial charge on any atom is 0.317 e. The van der Waals surface area contributed by atoms with Crippen LogP contribution in [0.4, 0.5) is 4.79 Å². The van der Waals surface area contributed by atoms with Gasteiger partial charge >= 0.3 is 6.03 Å². The molecule has 1 atom stereocenters. The summed E-state index contributed by atoms with van der Waals surface area (Å²) in [5, 5.41) is 2.97. The van der Waals surface area contributed by atoms with Gasteiger partial charge in [-0.15, -0.1) is 0 Å². The highest BCUT2D eigenvalue weighted by Crippen LogP contribution is 2.41. The monoisotopic (exact) mass is 438 g/mol. The molecule has 0 unspecified atom stereocenters. The molecule has 2 aromatic heterocycles. The van der Waals surface area contributed by atoms with Crippen molar-refractivity contribution in [3.8, 4) is 0 Å². The van der Waals surface area contributed by atoms with E-state index in [1.807, 2.05) is 38.1 Å². The third-order valence-electron chi connectivity index (χ3n) is 7.11. The van der Waals surface area contributed by atoms with E-state index < -0.39 is 0 Å². The van der Waals surface area contributed by atoms with Crippen LogP contribution in [-0.2, 0) is 32.0 Å². The third-order valence-corrected chi connectivity index (χ3v) is 7.11. The predicted octanol–water partition coefficient (Wildman–Crippen LogP) is 1.25. The van der Waals surface area contributed by atoms with Gasteiger partial charge in [0.05, 0.1) is 17.8 Å². The Hall–Kier alpha value is -3.10. The van der Waals surface area contributed by atoms with Crippen molar-refractivity contribution in [3.05, 3.63) is 51.5 Å². The van der Waals surface area contributed by atoms with Crippen LogP contribution < -0.4 is 10.9 Å². The number of fused-ring (bicyclic) bond motifs is 3. The number of amides is 3. The molecule has 0 radical (unpaired) electrons. The zero-order valence-electron chi connectivity index (χ0n) is 18.9. The molecule has 0 saturated carbocycles. The van der Waals surface area contributed by atoms with E-state index in [9.17, 15) is 14.4 Å². The van der Waals surface area contributed by atoms with Crippen LogP contribution >= 0.6 is 0 Å². The largest absolute Gasteiger partial charge is 0.347 e. The fourth-order valence-corrected chi connectivity index (χ4v) is 5.35. The van der Waals surface area contributed by atoms with E-state index in [0.717, 1.165) is 24.4 Å². The van der Waals surface area contributed by atoms with Gasteiger partial charge in [-0.25, -0.2) is 9.78 Å². The van der Waals surface area contributed by atoms with Gasteiger partial charge in [-0.2, -0.15) is 0 Å². The first kappa shape index (κ1) is 20.8. The molecule has 2 aromatic rings. The molecule has 1 fully saturated rings. The van der Waals surface area contributed by atoms with Crippen LogP contribution in [0.25, 0.3) is 0 Å². The lowest BCUT2D eigenvalue weighted by atomic mass is 9.85. The molecular weight excluding hydrogens is 408 g/mol. The number of rotatable bonds is 2.